The first-order valence-corrected chi connectivity index (χ1v) is 4.92. The lowest BCUT2D eigenvalue weighted by molar-refractivity contribution is -0.131. The van der Waals surface area contributed by atoms with Crippen LogP contribution < -0.4 is 0 Å². The largest absolute Gasteiger partial charge is 0.332 e. The molecule has 70 valence electrons. The van der Waals surface area contributed by atoms with Gasteiger partial charge in [0.1, 0.15) is 0 Å². The molecule has 0 N–H and O–H groups in total. The Hall–Kier alpha value is -1.05. The van der Waals surface area contributed by atoms with E-state index in [9.17, 15) is 4.79 Å². The summed E-state index contributed by atoms with van der Waals surface area (Å²) < 4.78 is 0. The number of carbonyl (C=O) groups excluding carboxylic acids is 1. The van der Waals surface area contributed by atoms with Gasteiger partial charge in [-0.05, 0) is 19.8 Å². The van der Waals surface area contributed by atoms with E-state index in [0.717, 1.165) is 19.4 Å². The van der Waals surface area contributed by atoms with Gasteiger partial charge in [0.2, 0.25) is 5.91 Å². The molecular weight excluding hydrogens is 162 g/mol. The van der Waals surface area contributed by atoms with Gasteiger partial charge in [0.15, 0.2) is 0 Å². The molecule has 0 radical (unpaired) electrons. The normalized spacial score (nSPS) is 28.1. The highest BCUT2D eigenvalue weighted by molar-refractivity contribution is 5.80. The molecule has 0 aromatic rings. The molecule has 0 saturated carbocycles. The Morgan fingerprint density at radius 1 is 1.54 bits per heavy atom. The van der Waals surface area contributed by atoms with E-state index >= 15 is 0 Å². The summed E-state index contributed by atoms with van der Waals surface area (Å²) in [5.74, 6) is 0.280. The Morgan fingerprint density at radius 2 is 2.38 bits per heavy atom. The van der Waals surface area contributed by atoms with Crippen molar-refractivity contribution < 1.29 is 4.79 Å². The van der Waals surface area contributed by atoms with Crippen molar-refractivity contribution in [3.8, 4) is 0 Å². The van der Waals surface area contributed by atoms with Crippen LogP contribution in [-0.4, -0.2) is 23.4 Å². The first-order valence-electron chi connectivity index (χ1n) is 4.92. The fourth-order valence-corrected chi connectivity index (χ4v) is 2.05. The molecule has 2 aliphatic heterocycles. The highest BCUT2D eigenvalue weighted by atomic mass is 16.2. The smallest absolute Gasteiger partial charge is 0.227 e. The maximum absolute atomic E-state index is 11.6. The van der Waals surface area contributed by atoms with Crippen molar-refractivity contribution in [1.82, 2.24) is 4.90 Å². The van der Waals surface area contributed by atoms with Crippen LogP contribution in [0.4, 0.5) is 0 Å². The number of amides is 1. The third-order valence-corrected chi connectivity index (χ3v) is 2.80. The molecule has 2 nitrogen and oxygen atoms in total. The molecule has 2 heterocycles. The minimum Gasteiger partial charge on any atom is -0.332 e. The minimum atomic E-state index is 0.253. The van der Waals surface area contributed by atoms with Crippen molar-refractivity contribution in [2.24, 2.45) is 0 Å². The molecule has 2 aliphatic rings. The van der Waals surface area contributed by atoms with E-state index in [2.05, 4.69) is 19.1 Å². The highest BCUT2D eigenvalue weighted by Gasteiger charge is 2.25. The molecule has 1 atom stereocenters. The third-order valence-electron chi connectivity index (χ3n) is 2.80. The van der Waals surface area contributed by atoms with Crippen molar-refractivity contribution in [1.29, 1.82) is 0 Å². The van der Waals surface area contributed by atoms with Crippen LogP contribution in [0.15, 0.2) is 23.8 Å². The second kappa shape index (κ2) is 3.36. The molecule has 13 heavy (non-hydrogen) atoms. The van der Waals surface area contributed by atoms with Crippen molar-refractivity contribution in [2.75, 3.05) is 6.54 Å². The van der Waals surface area contributed by atoms with Crippen LogP contribution in [0, 0.1) is 0 Å². The van der Waals surface area contributed by atoms with E-state index in [0.29, 0.717) is 6.42 Å². The SMILES string of the molecule is CC1=CCCCN2C(=O)CC=CC12. The number of fused-ring (bicyclic) bond motifs is 1. The summed E-state index contributed by atoms with van der Waals surface area (Å²) in [5, 5.41) is 0. The van der Waals surface area contributed by atoms with Gasteiger partial charge in [-0.2, -0.15) is 0 Å². The van der Waals surface area contributed by atoms with Crippen molar-refractivity contribution in [3.05, 3.63) is 23.8 Å². The molecule has 2 rings (SSSR count). The van der Waals surface area contributed by atoms with E-state index in [1.54, 1.807) is 0 Å². The zero-order valence-electron chi connectivity index (χ0n) is 7.99. The Bertz CT molecular complexity index is 278. The quantitative estimate of drug-likeness (QED) is 0.517. The molecule has 1 amide bonds. The summed E-state index contributed by atoms with van der Waals surface area (Å²) in [7, 11) is 0. The van der Waals surface area contributed by atoms with E-state index in [1.165, 1.54) is 5.57 Å². The van der Waals surface area contributed by atoms with Gasteiger partial charge in [-0.1, -0.05) is 23.8 Å². The van der Waals surface area contributed by atoms with Crippen molar-refractivity contribution in [2.45, 2.75) is 32.2 Å². The topological polar surface area (TPSA) is 20.3 Å². The van der Waals surface area contributed by atoms with Crippen molar-refractivity contribution >= 4 is 5.91 Å². The van der Waals surface area contributed by atoms with E-state index in [4.69, 9.17) is 0 Å². The molecular formula is C11H15NO. The summed E-state index contributed by atoms with van der Waals surface area (Å²) in [6, 6.07) is 0.253. The second-order valence-electron chi connectivity index (χ2n) is 3.75. The minimum absolute atomic E-state index is 0.253. The summed E-state index contributed by atoms with van der Waals surface area (Å²) in [6.07, 6.45) is 9.20. The molecule has 0 aromatic carbocycles. The molecule has 0 fully saturated rings. The molecule has 0 bridgehead atoms. The standard InChI is InChI=1S/C11H15NO/c1-9-5-2-3-8-12-10(9)6-4-7-11(12)13/h4-6,10H,2-3,7-8H2,1H3. The lowest BCUT2D eigenvalue weighted by Crippen LogP contribution is -2.41. The molecule has 0 aromatic heterocycles. The summed E-state index contributed by atoms with van der Waals surface area (Å²) in [4.78, 5) is 13.6. The second-order valence-corrected chi connectivity index (χ2v) is 3.75. The van der Waals surface area contributed by atoms with Gasteiger partial charge < -0.3 is 4.90 Å². The van der Waals surface area contributed by atoms with E-state index < -0.39 is 0 Å². The van der Waals surface area contributed by atoms with Crippen LogP contribution in [-0.2, 0) is 4.79 Å². The zero-order chi connectivity index (χ0) is 9.26. The lowest BCUT2D eigenvalue weighted by Gasteiger charge is -2.31. The Labute approximate surface area is 78.9 Å². The predicted octanol–water partition coefficient (Wildman–Crippen LogP) is 1.88. The van der Waals surface area contributed by atoms with Crippen LogP contribution in [0.2, 0.25) is 0 Å². The van der Waals surface area contributed by atoms with Gasteiger partial charge in [-0.25, -0.2) is 0 Å². The fraction of sp³-hybridized carbons (Fsp3) is 0.545. The number of rotatable bonds is 0. The maximum atomic E-state index is 11.6. The van der Waals surface area contributed by atoms with Gasteiger partial charge in [-0.3, -0.25) is 4.79 Å². The molecule has 2 heteroatoms. The summed E-state index contributed by atoms with van der Waals surface area (Å²) >= 11 is 0. The number of allylic oxidation sites excluding steroid dienone is 1. The molecule has 0 aliphatic carbocycles. The number of hydrogen-bond acceptors (Lipinski definition) is 1. The average molecular weight is 177 g/mol. The Morgan fingerprint density at radius 3 is 3.23 bits per heavy atom. The number of hydrogen-bond donors (Lipinski definition) is 0. The van der Waals surface area contributed by atoms with Gasteiger partial charge in [0, 0.05) is 13.0 Å². The van der Waals surface area contributed by atoms with E-state index in [1.807, 2.05) is 11.0 Å². The van der Waals surface area contributed by atoms with Gasteiger partial charge in [-0.15, -0.1) is 0 Å². The molecule has 0 spiro atoms. The van der Waals surface area contributed by atoms with Crippen LogP contribution in [0.3, 0.4) is 0 Å². The first kappa shape index (κ1) is 8.54. The average Bonchev–Trinajstić information content (AvgIpc) is 2.30. The monoisotopic (exact) mass is 177 g/mol. The number of carbonyl (C=O) groups is 1. The van der Waals surface area contributed by atoms with Crippen LogP contribution in [0.5, 0.6) is 0 Å². The van der Waals surface area contributed by atoms with Crippen LogP contribution >= 0.6 is 0 Å². The Balaban J connectivity index is 2.29. The lowest BCUT2D eigenvalue weighted by atomic mass is 10.0. The van der Waals surface area contributed by atoms with Crippen molar-refractivity contribution in [3.63, 3.8) is 0 Å². The van der Waals surface area contributed by atoms with E-state index in [-0.39, 0.29) is 11.9 Å². The maximum Gasteiger partial charge on any atom is 0.227 e. The van der Waals surface area contributed by atoms with Gasteiger partial charge in [0.25, 0.3) is 0 Å². The van der Waals surface area contributed by atoms with Crippen LogP contribution in [0.1, 0.15) is 26.2 Å². The first-order chi connectivity index (χ1) is 6.29. The summed E-state index contributed by atoms with van der Waals surface area (Å²) in [6.45, 7) is 3.04. The molecule has 1 unspecified atom stereocenters. The van der Waals surface area contributed by atoms with Crippen LogP contribution in [0.25, 0.3) is 0 Å². The van der Waals surface area contributed by atoms with Gasteiger partial charge >= 0.3 is 0 Å². The molecule has 0 saturated heterocycles. The predicted molar refractivity (Wildman–Crippen MR) is 52.2 cm³/mol. The highest BCUT2D eigenvalue weighted by Crippen LogP contribution is 2.22. The number of nitrogens with zero attached hydrogens (tertiary/aromatic N) is 1. The Kier molecular flexibility index (Phi) is 2.21. The zero-order valence-corrected chi connectivity index (χ0v) is 7.99. The summed E-state index contributed by atoms with van der Waals surface area (Å²) in [5.41, 5.74) is 1.32. The fourth-order valence-electron chi connectivity index (χ4n) is 2.05. The van der Waals surface area contributed by atoms with Gasteiger partial charge in [0.05, 0.1) is 6.04 Å². The third kappa shape index (κ3) is 1.53.